The molecule has 0 saturated carbocycles. The fraction of sp³-hybridized carbons (Fsp3) is 0.250. The molecule has 0 bridgehead atoms. The Hall–Kier alpha value is -3.16. The van der Waals surface area contributed by atoms with E-state index in [-0.39, 0.29) is 5.70 Å². The SMILES string of the molecule is CC(=O)NC(=Cc1ccccc1)C(=O)N[C@@H](CCC(=O)[O-])C(=O)[O-]. The first-order chi connectivity index (χ1) is 11.3. The van der Waals surface area contributed by atoms with Crippen LogP contribution in [-0.4, -0.2) is 29.8 Å². The van der Waals surface area contributed by atoms with Gasteiger partial charge in [-0.05, 0) is 24.5 Å². The quantitative estimate of drug-likeness (QED) is 0.524. The molecule has 1 rings (SSSR count). The molecular weight excluding hydrogens is 316 g/mol. The normalized spacial score (nSPS) is 12.1. The summed E-state index contributed by atoms with van der Waals surface area (Å²) in [5, 5.41) is 25.9. The summed E-state index contributed by atoms with van der Waals surface area (Å²) in [5.41, 5.74) is 0.435. The van der Waals surface area contributed by atoms with E-state index in [0.717, 1.165) is 0 Å². The van der Waals surface area contributed by atoms with Gasteiger partial charge in [0.25, 0.3) is 5.91 Å². The minimum atomic E-state index is -1.63. The van der Waals surface area contributed by atoms with E-state index in [4.69, 9.17) is 0 Å². The Morgan fingerprint density at radius 2 is 1.75 bits per heavy atom. The predicted molar refractivity (Wildman–Crippen MR) is 79.4 cm³/mol. The molecule has 0 aliphatic carbocycles. The van der Waals surface area contributed by atoms with Crippen molar-refractivity contribution in [2.45, 2.75) is 25.8 Å². The Morgan fingerprint density at radius 1 is 1.12 bits per heavy atom. The first kappa shape index (κ1) is 18.9. The summed E-state index contributed by atoms with van der Waals surface area (Å²) < 4.78 is 0. The van der Waals surface area contributed by atoms with Crippen LogP contribution in [0.15, 0.2) is 36.0 Å². The summed E-state index contributed by atoms with van der Waals surface area (Å²) in [6.07, 6.45) is 0.410. The molecule has 1 atom stereocenters. The molecule has 0 spiro atoms. The molecule has 0 unspecified atom stereocenters. The van der Waals surface area contributed by atoms with Crippen LogP contribution in [0.2, 0.25) is 0 Å². The Labute approximate surface area is 138 Å². The van der Waals surface area contributed by atoms with Crippen molar-refractivity contribution in [2.24, 2.45) is 0 Å². The summed E-state index contributed by atoms with van der Waals surface area (Å²) in [4.78, 5) is 44.9. The maximum atomic E-state index is 12.2. The highest BCUT2D eigenvalue weighted by atomic mass is 16.4. The molecular formula is C16H16N2O6-2. The van der Waals surface area contributed by atoms with E-state index in [1.54, 1.807) is 30.3 Å². The van der Waals surface area contributed by atoms with Crippen molar-refractivity contribution in [2.75, 3.05) is 0 Å². The number of hydrogen-bond donors (Lipinski definition) is 2. The van der Waals surface area contributed by atoms with Crippen molar-refractivity contribution in [3.63, 3.8) is 0 Å². The highest BCUT2D eigenvalue weighted by Crippen LogP contribution is 2.06. The Morgan fingerprint density at radius 3 is 2.25 bits per heavy atom. The molecule has 2 amide bonds. The number of carbonyl (C=O) groups excluding carboxylic acids is 4. The van der Waals surface area contributed by atoms with Crippen LogP contribution in [0.4, 0.5) is 0 Å². The van der Waals surface area contributed by atoms with Crippen LogP contribution in [0.3, 0.4) is 0 Å². The van der Waals surface area contributed by atoms with Crippen molar-refractivity contribution in [1.82, 2.24) is 10.6 Å². The summed E-state index contributed by atoms with van der Waals surface area (Å²) in [7, 11) is 0. The predicted octanol–water partition coefficient (Wildman–Crippen LogP) is -2.07. The Bertz CT molecular complexity index is 654. The zero-order valence-electron chi connectivity index (χ0n) is 12.9. The highest BCUT2D eigenvalue weighted by Gasteiger charge is 2.17. The number of amides is 2. The molecule has 128 valence electrons. The van der Waals surface area contributed by atoms with Crippen molar-refractivity contribution in [3.05, 3.63) is 41.6 Å². The lowest BCUT2D eigenvalue weighted by molar-refractivity contribution is -0.310. The van der Waals surface area contributed by atoms with Gasteiger partial charge >= 0.3 is 0 Å². The number of hydrogen-bond acceptors (Lipinski definition) is 6. The van der Waals surface area contributed by atoms with E-state index in [1.807, 2.05) is 0 Å². The molecule has 0 saturated heterocycles. The van der Waals surface area contributed by atoms with Crippen LogP contribution in [0, 0.1) is 0 Å². The first-order valence-electron chi connectivity index (χ1n) is 7.05. The Balaban J connectivity index is 2.94. The van der Waals surface area contributed by atoms with Gasteiger partial charge in [0, 0.05) is 12.9 Å². The zero-order valence-corrected chi connectivity index (χ0v) is 12.9. The molecule has 1 aromatic rings. The standard InChI is InChI=1S/C16H18N2O6/c1-10(19)17-13(9-11-5-3-2-4-6-11)15(22)18-12(16(23)24)7-8-14(20)21/h2-6,9,12H,7-8H2,1H3,(H,17,19)(H,18,22)(H,20,21)(H,23,24)/p-2/t12-/m0/s1. The van der Waals surface area contributed by atoms with Crippen LogP contribution in [0.25, 0.3) is 6.08 Å². The first-order valence-corrected chi connectivity index (χ1v) is 7.05. The maximum absolute atomic E-state index is 12.2. The van der Waals surface area contributed by atoms with Gasteiger partial charge in [0.1, 0.15) is 5.70 Å². The van der Waals surface area contributed by atoms with E-state index >= 15 is 0 Å². The average molecular weight is 332 g/mol. The number of carbonyl (C=O) groups is 4. The molecule has 2 N–H and O–H groups in total. The monoisotopic (exact) mass is 332 g/mol. The minimum Gasteiger partial charge on any atom is -0.550 e. The molecule has 0 radical (unpaired) electrons. The molecule has 0 aliphatic rings. The maximum Gasteiger partial charge on any atom is 0.268 e. The van der Waals surface area contributed by atoms with Crippen molar-refractivity contribution < 1.29 is 29.4 Å². The summed E-state index contributed by atoms with van der Waals surface area (Å²) in [6, 6.07) is 7.05. The summed E-state index contributed by atoms with van der Waals surface area (Å²) in [6.45, 7) is 1.19. The number of nitrogens with one attached hydrogen (secondary N) is 2. The third-order valence-corrected chi connectivity index (χ3v) is 2.89. The third-order valence-electron chi connectivity index (χ3n) is 2.89. The topological polar surface area (TPSA) is 138 Å². The van der Waals surface area contributed by atoms with Gasteiger partial charge in [0.15, 0.2) is 0 Å². The molecule has 0 heterocycles. The fourth-order valence-corrected chi connectivity index (χ4v) is 1.81. The average Bonchev–Trinajstić information content (AvgIpc) is 2.50. The molecule has 8 heteroatoms. The lowest BCUT2D eigenvalue weighted by atomic mass is 10.1. The lowest BCUT2D eigenvalue weighted by Gasteiger charge is -2.21. The van der Waals surface area contributed by atoms with Gasteiger partial charge in [0.2, 0.25) is 5.91 Å². The van der Waals surface area contributed by atoms with Gasteiger partial charge in [-0.1, -0.05) is 30.3 Å². The van der Waals surface area contributed by atoms with Crippen molar-refractivity contribution >= 4 is 29.8 Å². The second-order valence-electron chi connectivity index (χ2n) is 4.91. The largest absolute Gasteiger partial charge is 0.550 e. The lowest BCUT2D eigenvalue weighted by Crippen LogP contribution is -2.50. The van der Waals surface area contributed by atoms with Gasteiger partial charge < -0.3 is 30.4 Å². The summed E-state index contributed by atoms with van der Waals surface area (Å²) in [5.74, 6) is -4.47. The van der Waals surface area contributed by atoms with Crippen molar-refractivity contribution in [1.29, 1.82) is 0 Å². The van der Waals surface area contributed by atoms with Crippen LogP contribution in [0.5, 0.6) is 0 Å². The van der Waals surface area contributed by atoms with Gasteiger partial charge in [-0.25, -0.2) is 0 Å². The van der Waals surface area contributed by atoms with Crippen molar-refractivity contribution in [3.8, 4) is 0 Å². The smallest absolute Gasteiger partial charge is 0.268 e. The van der Waals surface area contributed by atoms with Crippen LogP contribution in [-0.2, 0) is 19.2 Å². The molecule has 8 nitrogen and oxygen atoms in total. The van der Waals surface area contributed by atoms with Crippen LogP contribution in [0.1, 0.15) is 25.3 Å². The molecule has 24 heavy (non-hydrogen) atoms. The van der Waals surface area contributed by atoms with Gasteiger partial charge in [-0.3, -0.25) is 9.59 Å². The van der Waals surface area contributed by atoms with E-state index in [9.17, 15) is 29.4 Å². The zero-order chi connectivity index (χ0) is 18.1. The van der Waals surface area contributed by atoms with E-state index in [1.165, 1.54) is 13.0 Å². The second kappa shape index (κ2) is 9.09. The van der Waals surface area contributed by atoms with Gasteiger partial charge in [-0.2, -0.15) is 0 Å². The third kappa shape index (κ3) is 6.73. The van der Waals surface area contributed by atoms with E-state index in [2.05, 4.69) is 10.6 Å². The number of carboxylic acid groups (broad SMARTS) is 2. The Kier molecular flexibility index (Phi) is 7.15. The van der Waals surface area contributed by atoms with E-state index in [0.29, 0.717) is 5.56 Å². The summed E-state index contributed by atoms with van der Waals surface area (Å²) >= 11 is 0. The van der Waals surface area contributed by atoms with Gasteiger partial charge in [-0.15, -0.1) is 0 Å². The van der Waals surface area contributed by atoms with Gasteiger partial charge in [0.05, 0.1) is 12.0 Å². The fourth-order valence-electron chi connectivity index (χ4n) is 1.81. The van der Waals surface area contributed by atoms with Crippen LogP contribution >= 0.6 is 0 Å². The van der Waals surface area contributed by atoms with Crippen LogP contribution < -0.4 is 20.8 Å². The molecule has 1 aromatic carbocycles. The molecule has 0 aliphatic heterocycles. The molecule has 0 fully saturated rings. The highest BCUT2D eigenvalue weighted by molar-refractivity contribution is 6.02. The number of aliphatic carboxylic acids is 2. The van der Waals surface area contributed by atoms with E-state index < -0.39 is 42.6 Å². The number of rotatable bonds is 8. The minimum absolute atomic E-state index is 0.173. The number of carboxylic acids is 2. The second-order valence-corrected chi connectivity index (χ2v) is 4.91. The number of benzene rings is 1. The molecule has 0 aromatic heterocycles.